The fraction of sp³-hybridized carbons (Fsp3) is 0.750. The third kappa shape index (κ3) is 2.43. The van der Waals surface area contributed by atoms with Crippen molar-refractivity contribution < 1.29 is 19.1 Å². The minimum atomic E-state index is -0.899. The van der Waals surface area contributed by atoms with E-state index in [1.165, 1.54) is 0 Å². The first kappa shape index (κ1) is 10.9. The van der Waals surface area contributed by atoms with Crippen LogP contribution in [0.1, 0.15) is 13.8 Å². The third-order valence-corrected chi connectivity index (χ3v) is 1.69. The van der Waals surface area contributed by atoms with Crippen LogP contribution in [0.25, 0.3) is 0 Å². The topological polar surface area (TPSA) is 76.7 Å². The second-order valence-electron chi connectivity index (χ2n) is 2.69. The molecule has 0 aliphatic carbocycles. The summed E-state index contributed by atoms with van der Waals surface area (Å²) in [7, 11) is 0. The number of nitrogens with one attached hydrogen (secondary N) is 2. The van der Waals surface area contributed by atoms with Gasteiger partial charge in [-0.3, -0.25) is 9.59 Å². The van der Waals surface area contributed by atoms with Crippen LogP contribution in [0.15, 0.2) is 0 Å². The molecule has 80 valence electrons. The Kier molecular flexibility index (Phi) is 3.84. The minimum absolute atomic E-state index is 0.359. The van der Waals surface area contributed by atoms with Gasteiger partial charge in [-0.1, -0.05) is 0 Å². The van der Waals surface area contributed by atoms with Gasteiger partial charge in [-0.05, 0) is 13.8 Å². The zero-order valence-electron chi connectivity index (χ0n) is 8.20. The molecule has 1 saturated heterocycles. The molecule has 6 nitrogen and oxygen atoms in total. The van der Waals surface area contributed by atoms with Gasteiger partial charge in [0.25, 0.3) is 11.8 Å². The summed E-state index contributed by atoms with van der Waals surface area (Å²) in [5, 5.41) is 4.81. The van der Waals surface area contributed by atoms with Gasteiger partial charge in [-0.25, -0.2) is 0 Å². The molecule has 0 aromatic rings. The maximum atomic E-state index is 11.3. The van der Waals surface area contributed by atoms with Gasteiger partial charge < -0.3 is 20.1 Å². The highest BCUT2D eigenvalue weighted by Crippen LogP contribution is 2.00. The summed E-state index contributed by atoms with van der Waals surface area (Å²) in [5.74, 6) is -0.769. The molecule has 0 saturated carbocycles. The molecule has 1 aliphatic rings. The van der Waals surface area contributed by atoms with Gasteiger partial charge in [-0.15, -0.1) is 0 Å². The molecular formula is C8H14N2O4. The summed E-state index contributed by atoms with van der Waals surface area (Å²) in [5.41, 5.74) is 0. The fourth-order valence-corrected chi connectivity index (χ4v) is 1.11. The van der Waals surface area contributed by atoms with E-state index in [4.69, 9.17) is 9.47 Å². The normalized spacial score (nSPS) is 27.0. The molecule has 1 fully saturated rings. The van der Waals surface area contributed by atoms with E-state index >= 15 is 0 Å². The van der Waals surface area contributed by atoms with Crippen molar-refractivity contribution >= 4 is 11.8 Å². The predicted molar refractivity (Wildman–Crippen MR) is 47.1 cm³/mol. The van der Waals surface area contributed by atoms with E-state index in [-0.39, 0.29) is 11.8 Å². The molecule has 0 aromatic carbocycles. The van der Waals surface area contributed by atoms with Crippen molar-refractivity contribution in [3.05, 3.63) is 0 Å². The molecule has 0 bridgehead atoms. The van der Waals surface area contributed by atoms with E-state index in [2.05, 4.69) is 10.6 Å². The maximum Gasteiger partial charge on any atom is 0.272 e. The van der Waals surface area contributed by atoms with Gasteiger partial charge in [0.15, 0.2) is 0 Å². The highest BCUT2D eigenvalue weighted by molar-refractivity contribution is 5.95. The van der Waals surface area contributed by atoms with Crippen LogP contribution in [0.3, 0.4) is 0 Å². The van der Waals surface area contributed by atoms with Gasteiger partial charge in [0.05, 0.1) is 0 Å². The lowest BCUT2D eigenvalue weighted by molar-refractivity contribution is -0.159. The molecule has 2 amide bonds. The number of rotatable bonds is 4. The second-order valence-corrected chi connectivity index (χ2v) is 2.69. The monoisotopic (exact) mass is 202 g/mol. The van der Waals surface area contributed by atoms with Crippen molar-refractivity contribution in [3.8, 4) is 0 Å². The Hall–Kier alpha value is -1.14. The van der Waals surface area contributed by atoms with Crippen molar-refractivity contribution in [2.45, 2.75) is 26.3 Å². The Labute approximate surface area is 81.9 Å². The molecule has 1 rings (SSSR count). The Balaban J connectivity index is 2.53. The van der Waals surface area contributed by atoms with E-state index in [9.17, 15) is 9.59 Å². The van der Waals surface area contributed by atoms with Crippen LogP contribution in [-0.2, 0) is 19.1 Å². The number of ether oxygens (including phenoxy) is 2. The van der Waals surface area contributed by atoms with Crippen molar-refractivity contribution in [2.75, 3.05) is 13.2 Å². The average molecular weight is 202 g/mol. The maximum absolute atomic E-state index is 11.3. The molecule has 2 atom stereocenters. The predicted octanol–water partition coefficient (Wildman–Crippen LogP) is -1.04. The van der Waals surface area contributed by atoms with Gasteiger partial charge in [0.1, 0.15) is 0 Å². The van der Waals surface area contributed by atoms with E-state index in [0.29, 0.717) is 13.2 Å². The lowest BCUT2D eigenvalue weighted by Crippen LogP contribution is -2.63. The van der Waals surface area contributed by atoms with E-state index in [1.54, 1.807) is 13.8 Å². The first-order valence-corrected chi connectivity index (χ1v) is 4.53. The molecule has 2 N–H and O–H groups in total. The molecule has 0 aromatic heterocycles. The summed E-state index contributed by atoms with van der Waals surface area (Å²) < 4.78 is 9.98. The molecule has 1 aliphatic heterocycles. The Bertz CT molecular complexity index is 207. The summed E-state index contributed by atoms with van der Waals surface area (Å²) in [6.45, 7) is 4.21. The molecule has 0 unspecified atom stereocenters. The quantitative estimate of drug-likeness (QED) is 0.610. The van der Waals surface area contributed by atoms with Gasteiger partial charge >= 0.3 is 0 Å². The third-order valence-electron chi connectivity index (χ3n) is 1.69. The Morgan fingerprint density at radius 2 is 1.36 bits per heavy atom. The largest absolute Gasteiger partial charge is 0.350 e. The standard InChI is InChI=1S/C8H14N2O4/c1-3-13-7-5(11)10-8(14-4-2)6(12)9-7/h7-8H,3-4H2,1-2H3,(H,9,12)(H,10,11)/t7-,8-/m0/s1. The molecule has 6 heteroatoms. The van der Waals surface area contributed by atoms with Crippen LogP contribution in [0.4, 0.5) is 0 Å². The number of hydrogen-bond donors (Lipinski definition) is 2. The fourth-order valence-electron chi connectivity index (χ4n) is 1.11. The lowest BCUT2D eigenvalue weighted by atomic mass is 10.3. The number of piperazine rings is 1. The van der Waals surface area contributed by atoms with Crippen molar-refractivity contribution in [3.63, 3.8) is 0 Å². The van der Waals surface area contributed by atoms with Crippen molar-refractivity contribution in [1.29, 1.82) is 0 Å². The Morgan fingerprint density at radius 1 is 1.00 bits per heavy atom. The highest BCUT2D eigenvalue weighted by atomic mass is 16.5. The van der Waals surface area contributed by atoms with Gasteiger partial charge in [0, 0.05) is 13.2 Å². The van der Waals surface area contributed by atoms with Crippen LogP contribution < -0.4 is 10.6 Å². The Morgan fingerprint density at radius 3 is 1.64 bits per heavy atom. The van der Waals surface area contributed by atoms with Crippen LogP contribution in [0.5, 0.6) is 0 Å². The van der Waals surface area contributed by atoms with Crippen LogP contribution in [0, 0.1) is 0 Å². The molecule has 0 radical (unpaired) electrons. The van der Waals surface area contributed by atoms with E-state index < -0.39 is 12.5 Å². The average Bonchev–Trinajstić information content (AvgIpc) is 2.14. The number of amides is 2. The van der Waals surface area contributed by atoms with Gasteiger partial charge in [0.2, 0.25) is 12.5 Å². The molecule has 0 spiro atoms. The summed E-state index contributed by atoms with van der Waals surface area (Å²) in [4.78, 5) is 22.6. The van der Waals surface area contributed by atoms with E-state index in [0.717, 1.165) is 0 Å². The molecule has 1 heterocycles. The zero-order valence-corrected chi connectivity index (χ0v) is 8.20. The van der Waals surface area contributed by atoms with E-state index in [1.807, 2.05) is 0 Å². The van der Waals surface area contributed by atoms with Crippen LogP contribution in [0.2, 0.25) is 0 Å². The molecule has 14 heavy (non-hydrogen) atoms. The van der Waals surface area contributed by atoms with Crippen LogP contribution >= 0.6 is 0 Å². The van der Waals surface area contributed by atoms with Crippen molar-refractivity contribution in [2.24, 2.45) is 0 Å². The lowest BCUT2D eigenvalue weighted by Gasteiger charge is -2.28. The number of carbonyl (C=O) groups is 2. The van der Waals surface area contributed by atoms with Crippen LogP contribution in [-0.4, -0.2) is 37.5 Å². The molecular weight excluding hydrogens is 188 g/mol. The zero-order chi connectivity index (χ0) is 10.6. The summed E-state index contributed by atoms with van der Waals surface area (Å²) >= 11 is 0. The summed E-state index contributed by atoms with van der Waals surface area (Å²) in [6, 6.07) is 0. The van der Waals surface area contributed by atoms with Gasteiger partial charge in [-0.2, -0.15) is 0 Å². The number of carbonyl (C=O) groups excluding carboxylic acids is 2. The number of hydrogen-bond acceptors (Lipinski definition) is 4. The smallest absolute Gasteiger partial charge is 0.272 e. The first-order valence-electron chi connectivity index (χ1n) is 4.53. The first-order chi connectivity index (χ1) is 6.69. The SMILES string of the molecule is CCO[C@@H]1NC(=O)[C@H](OCC)NC1=O. The minimum Gasteiger partial charge on any atom is -0.350 e. The summed E-state index contributed by atoms with van der Waals surface area (Å²) in [6.07, 6.45) is -1.80. The second kappa shape index (κ2) is 4.92. The van der Waals surface area contributed by atoms with Crippen molar-refractivity contribution in [1.82, 2.24) is 10.6 Å². The highest BCUT2D eigenvalue weighted by Gasteiger charge is 2.34.